The second-order valence-electron chi connectivity index (χ2n) is 4.24. The summed E-state index contributed by atoms with van der Waals surface area (Å²) in [5, 5.41) is 0. The van der Waals surface area contributed by atoms with Crippen LogP contribution in [-0.2, 0) is 0 Å². The maximum Gasteiger partial charge on any atom is 0.172 e. The highest BCUT2D eigenvalue weighted by Gasteiger charge is 2.09. The number of rotatable bonds is 3. The van der Waals surface area contributed by atoms with E-state index in [1.54, 1.807) is 0 Å². The fourth-order valence-electron chi connectivity index (χ4n) is 1.89. The number of hydrogen-bond donors (Lipinski definition) is 0. The Balaban J connectivity index is 2.34. The first-order valence-electron chi connectivity index (χ1n) is 6.21. The Hall–Kier alpha value is -0.770. The largest absolute Gasteiger partial charge is 0.197 e. The molecule has 1 fully saturated rings. The Morgan fingerprint density at radius 1 is 1.20 bits per heavy atom. The third-order valence-corrected chi connectivity index (χ3v) is 2.87. The third kappa shape index (κ3) is 5.02. The van der Waals surface area contributed by atoms with E-state index in [9.17, 15) is 4.39 Å². The summed E-state index contributed by atoms with van der Waals surface area (Å²) in [6.07, 6.45) is 9.73. The molecule has 0 spiro atoms. The summed E-state index contributed by atoms with van der Waals surface area (Å²) in [5.74, 6) is 5.48. The molecule has 0 aromatic heterocycles. The fourth-order valence-corrected chi connectivity index (χ4v) is 1.89. The van der Waals surface area contributed by atoms with Gasteiger partial charge in [-0.2, -0.15) is 4.39 Å². The molecule has 0 atom stereocenters. The Morgan fingerprint density at radius 3 is 2.60 bits per heavy atom. The molecule has 84 valence electrons. The van der Waals surface area contributed by atoms with Crippen LogP contribution in [0.3, 0.4) is 0 Å². The molecule has 0 bridgehead atoms. The van der Waals surface area contributed by atoms with Crippen molar-refractivity contribution in [3.8, 4) is 11.8 Å². The van der Waals surface area contributed by atoms with Crippen molar-refractivity contribution in [2.24, 2.45) is 0 Å². The molecule has 1 saturated carbocycles. The molecule has 0 amide bonds. The molecule has 1 aliphatic carbocycles. The van der Waals surface area contributed by atoms with E-state index in [-0.39, 0.29) is 5.83 Å². The van der Waals surface area contributed by atoms with Crippen molar-refractivity contribution in [2.75, 3.05) is 0 Å². The molecule has 0 unspecified atom stereocenters. The van der Waals surface area contributed by atoms with E-state index in [4.69, 9.17) is 0 Å². The van der Waals surface area contributed by atoms with Crippen molar-refractivity contribution in [2.45, 2.75) is 64.7 Å². The lowest BCUT2D eigenvalue weighted by atomic mass is 9.94. The lowest BCUT2D eigenvalue weighted by Gasteiger charge is -2.12. The number of hydrogen-bond acceptors (Lipinski definition) is 0. The van der Waals surface area contributed by atoms with Crippen molar-refractivity contribution in [1.82, 2.24) is 0 Å². The molecule has 0 aliphatic heterocycles. The van der Waals surface area contributed by atoms with Gasteiger partial charge in [0.05, 0.1) is 0 Å². The minimum atomic E-state index is -0.133. The smallest absolute Gasteiger partial charge is 0.172 e. The van der Waals surface area contributed by atoms with Crippen LogP contribution in [0.5, 0.6) is 0 Å². The van der Waals surface area contributed by atoms with Gasteiger partial charge in [0, 0.05) is 6.42 Å². The van der Waals surface area contributed by atoms with Gasteiger partial charge in [-0.05, 0) is 43.6 Å². The molecule has 0 radical (unpaired) electrons. The van der Waals surface area contributed by atoms with E-state index in [1.807, 2.05) is 0 Å². The zero-order chi connectivity index (χ0) is 10.9. The molecule has 0 saturated heterocycles. The second-order valence-corrected chi connectivity index (χ2v) is 4.24. The van der Waals surface area contributed by atoms with Gasteiger partial charge in [0.1, 0.15) is 0 Å². The van der Waals surface area contributed by atoms with Gasteiger partial charge < -0.3 is 0 Å². The minimum absolute atomic E-state index is 0.133. The zero-order valence-corrected chi connectivity index (χ0v) is 9.74. The van der Waals surface area contributed by atoms with E-state index >= 15 is 0 Å². The predicted molar refractivity (Wildman–Crippen MR) is 63.1 cm³/mol. The number of halogens is 1. The van der Waals surface area contributed by atoms with Crippen molar-refractivity contribution in [1.29, 1.82) is 0 Å². The molecule has 1 rings (SSSR count). The van der Waals surface area contributed by atoms with Crippen LogP contribution < -0.4 is 0 Å². The lowest BCUT2D eigenvalue weighted by molar-refractivity contribution is 0.559. The van der Waals surface area contributed by atoms with Crippen LogP contribution in [0.15, 0.2) is 11.4 Å². The summed E-state index contributed by atoms with van der Waals surface area (Å²) >= 11 is 0. The standard InChI is InChI=1S/C14H21F/c1-2-3-4-5-9-12-14(15)13-10-7-6-8-11-13/h2-8,10-11H2,1H3. The highest BCUT2D eigenvalue weighted by Crippen LogP contribution is 2.25. The van der Waals surface area contributed by atoms with Gasteiger partial charge in [0.2, 0.25) is 0 Å². The summed E-state index contributed by atoms with van der Waals surface area (Å²) in [4.78, 5) is 0. The van der Waals surface area contributed by atoms with E-state index in [0.29, 0.717) is 0 Å². The zero-order valence-electron chi connectivity index (χ0n) is 9.74. The summed E-state index contributed by atoms with van der Waals surface area (Å²) < 4.78 is 13.5. The lowest BCUT2D eigenvalue weighted by Crippen LogP contribution is -1.95. The predicted octanol–water partition coefficient (Wildman–Crippen LogP) is 4.76. The summed E-state index contributed by atoms with van der Waals surface area (Å²) in [6.45, 7) is 2.16. The van der Waals surface area contributed by atoms with Gasteiger partial charge in [-0.1, -0.05) is 32.1 Å². The first kappa shape index (κ1) is 12.3. The highest BCUT2D eigenvalue weighted by molar-refractivity contribution is 5.28. The third-order valence-electron chi connectivity index (χ3n) is 2.87. The first-order chi connectivity index (χ1) is 7.34. The molecule has 0 nitrogen and oxygen atoms in total. The molecular formula is C14H21F. The van der Waals surface area contributed by atoms with Crippen LogP contribution in [0.2, 0.25) is 0 Å². The Kier molecular flexibility index (Phi) is 6.16. The fraction of sp³-hybridized carbons (Fsp3) is 0.714. The van der Waals surface area contributed by atoms with Gasteiger partial charge in [-0.15, -0.1) is 0 Å². The second kappa shape index (κ2) is 7.51. The monoisotopic (exact) mass is 208 g/mol. The molecule has 0 N–H and O–H groups in total. The molecule has 15 heavy (non-hydrogen) atoms. The van der Waals surface area contributed by atoms with E-state index < -0.39 is 0 Å². The molecule has 0 aromatic carbocycles. The minimum Gasteiger partial charge on any atom is -0.197 e. The average Bonchev–Trinajstić information content (AvgIpc) is 2.30. The van der Waals surface area contributed by atoms with Crippen molar-refractivity contribution in [3.05, 3.63) is 11.4 Å². The van der Waals surface area contributed by atoms with Gasteiger partial charge in [0.15, 0.2) is 5.83 Å². The summed E-state index contributed by atoms with van der Waals surface area (Å²) in [6, 6.07) is 0. The van der Waals surface area contributed by atoms with Crippen LogP contribution >= 0.6 is 0 Å². The van der Waals surface area contributed by atoms with Crippen LogP contribution in [-0.4, -0.2) is 0 Å². The molecular weight excluding hydrogens is 187 g/mol. The van der Waals surface area contributed by atoms with Gasteiger partial charge in [-0.25, -0.2) is 0 Å². The normalized spacial score (nSPS) is 15.7. The van der Waals surface area contributed by atoms with Crippen LogP contribution in [0.25, 0.3) is 0 Å². The number of unbranched alkanes of at least 4 members (excludes halogenated alkanes) is 3. The highest BCUT2D eigenvalue weighted by atomic mass is 19.1. The van der Waals surface area contributed by atoms with Crippen LogP contribution in [0.1, 0.15) is 64.7 Å². The van der Waals surface area contributed by atoms with Crippen molar-refractivity contribution >= 4 is 0 Å². The van der Waals surface area contributed by atoms with E-state index in [0.717, 1.165) is 44.1 Å². The Labute approximate surface area is 93.0 Å². The quantitative estimate of drug-likeness (QED) is 0.463. The van der Waals surface area contributed by atoms with Crippen molar-refractivity contribution < 1.29 is 4.39 Å². The molecule has 0 aromatic rings. The van der Waals surface area contributed by atoms with E-state index in [2.05, 4.69) is 18.8 Å². The van der Waals surface area contributed by atoms with Gasteiger partial charge in [-0.3, -0.25) is 0 Å². The molecule has 1 aliphatic rings. The molecule has 0 heterocycles. The van der Waals surface area contributed by atoms with Crippen molar-refractivity contribution in [3.63, 3.8) is 0 Å². The van der Waals surface area contributed by atoms with E-state index in [1.165, 1.54) is 19.3 Å². The number of allylic oxidation sites excluding steroid dienone is 2. The maximum absolute atomic E-state index is 13.5. The SMILES string of the molecule is CCCCCC#CC(F)=C1CCCCC1. The topological polar surface area (TPSA) is 0 Å². The first-order valence-corrected chi connectivity index (χ1v) is 6.21. The van der Waals surface area contributed by atoms with Gasteiger partial charge >= 0.3 is 0 Å². The Morgan fingerprint density at radius 2 is 1.93 bits per heavy atom. The average molecular weight is 208 g/mol. The summed E-state index contributed by atoms with van der Waals surface area (Å²) in [7, 11) is 0. The maximum atomic E-state index is 13.5. The summed E-state index contributed by atoms with van der Waals surface area (Å²) in [5.41, 5.74) is 0.962. The van der Waals surface area contributed by atoms with Crippen LogP contribution in [0, 0.1) is 11.8 Å². The molecule has 1 heteroatoms. The van der Waals surface area contributed by atoms with Crippen LogP contribution in [0.4, 0.5) is 4.39 Å². The van der Waals surface area contributed by atoms with Gasteiger partial charge in [0.25, 0.3) is 0 Å². The Bertz CT molecular complexity index is 257.